The number of hydrogen-bond acceptors (Lipinski definition) is 3. The summed E-state index contributed by atoms with van der Waals surface area (Å²) >= 11 is 0. The van der Waals surface area contributed by atoms with Gasteiger partial charge in [0.15, 0.2) is 0 Å². The number of hydrogen-bond donors (Lipinski definition) is 0. The summed E-state index contributed by atoms with van der Waals surface area (Å²) in [7, 11) is 0. The van der Waals surface area contributed by atoms with E-state index in [-0.39, 0.29) is 12.0 Å². The first kappa shape index (κ1) is 15.5. The van der Waals surface area contributed by atoms with E-state index in [0.29, 0.717) is 12.5 Å². The molecule has 0 unspecified atom stereocenters. The summed E-state index contributed by atoms with van der Waals surface area (Å²) in [5, 5.41) is 0. The number of nitrogens with zero attached hydrogens (tertiary/aromatic N) is 2. The van der Waals surface area contributed by atoms with Gasteiger partial charge >= 0.3 is 0 Å². The van der Waals surface area contributed by atoms with Crippen molar-refractivity contribution in [3.8, 4) is 0 Å². The number of ether oxygens (including phenoxy) is 1. The maximum absolute atomic E-state index is 12.8. The largest absolute Gasteiger partial charge is 0.368 e. The van der Waals surface area contributed by atoms with Gasteiger partial charge in [0.05, 0.1) is 0 Å². The fraction of sp³-hybridized carbons (Fsp3) is 0.667. The van der Waals surface area contributed by atoms with Crippen molar-refractivity contribution < 1.29 is 9.53 Å². The molecule has 2 aliphatic rings. The molecule has 2 fully saturated rings. The molecule has 3 rings (SSSR count). The Labute approximate surface area is 132 Å². The van der Waals surface area contributed by atoms with Crippen molar-refractivity contribution in [2.24, 2.45) is 5.92 Å². The van der Waals surface area contributed by atoms with Crippen molar-refractivity contribution in [1.29, 1.82) is 0 Å². The summed E-state index contributed by atoms with van der Waals surface area (Å²) in [6.45, 7) is 2.25. The highest BCUT2D eigenvalue weighted by molar-refractivity contribution is 5.81. The highest BCUT2D eigenvalue weighted by Gasteiger charge is 2.30. The first-order valence-corrected chi connectivity index (χ1v) is 8.62. The first-order chi connectivity index (χ1) is 10.8. The molecule has 0 N–H and O–H groups in total. The molecule has 4 heteroatoms. The molecule has 2 heterocycles. The van der Waals surface area contributed by atoms with Gasteiger partial charge in [0.1, 0.15) is 6.10 Å². The average molecular weight is 302 g/mol. The van der Waals surface area contributed by atoms with Crippen LogP contribution in [0.5, 0.6) is 0 Å². The smallest absolute Gasteiger partial charge is 0.252 e. The Balaban J connectivity index is 1.67. The summed E-state index contributed by atoms with van der Waals surface area (Å²) in [6, 6.07) is 3.98. The van der Waals surface area contributed by atoms with E-state index >= 15 is 0 Å². The van der Waals surface area contributed by atoms with E-state index < -0.39 is 0 Å². The monoisotopic (exact) mass is 302 g/mol. The molecule has 0 aromatic carbocycles. The Bertz CT molecular complexity index is 465. The number of amides is 1. The van der Waals surface area contributed by atoms with Crippen molar-refractivity contribution in [2.75, 3.05) is 13.2 Å². The van der Waals surface area contributed by atoms with Crippen molar-refractivity contribution in [2.45, 2.75) is 57.6 Å². The third-order valence-corrected chi connectivity index (χ3v) is 4.82. The van der Waals surface area contributed by atoms with Crippen LogP contribution in [0.15, 0.2) is 24.5 Å². The molecule has 1 aromatic rings. The summed E-state index contributed by atoms with van der Waals surface area (Å²) in [4.78, 5) is 19.0. The average Bonchev–Trinajstić information content (AvgIpc) is 3.10. The van der Waals surface area contributed by atoms with E-state index in [2.05, 4.69) is 4.98 Å². The van der Waals surface area contributed by atoms with Gasteiger partial charge in [0, 0.05) is 32.1 Å². The van der Waals surface area contributed by atoms with Gasteiger partial charge in [-0.05, 0) is 43.2 Å². The number of carbonyl (C=O) groups is 1. The van der Waals surface area contributed by atoms with Crippen LogP contribution in [0.2, 0.25) is 0 Å². The van der Waals surface area contributed by atoms with Crippen molar-refractivity contribution in [3.05, 3.63) is 30.1 Å². The molecule has 1 aliphatic carbocycles. The quantitative estimate of drug-likeness (QED) is 0.839. The number of aromatic nitrogens is 1. The van der Waals surface area contributed by atoms with Crippen molar-refractivity contribution >= 4 is 5.91 Å². The molecule has 0 radical (unpaired) electrons. The van der Waals surface area contributed by atoms with Crippen LogP contribution in [-0.4, -0.2) is 35.0 Å². The van der Waals surface area contributed by atoms with E-state index in [1.807, 2.05) is 23.2 Å². The molecule has 120 valence electrons. The van der Waals surface area contributed by atoms with E-state index in [9.17, 15) is 4.79 Å². The lowest BCUT2D eigenvalue weighted by molar-refractivity contribution is -0.142. The van der Waals surface area contributed by atoms with Gasteiger partial charge in [-0.1, -0.05) is 25.3 Å². The fourth-order valence-electron chi connectivity index (χ4n) is 3.60. The molecule has 22 heavy (non-hydrogen) atoms. The Morgan fingerprint density at radius 1 is 1.23 bits per heavy atom. The van der Waals surface area contributed by atoms with Crippen LogP contribution in [0.25, 0.3) is 0 Å². The van der Waals surface area contributed by atoms with Crippen LogP contribution >= 0.6 is 0 Å². The van der Waals surface area contributed by atoms with Gasteiger partial charge < -0.3 is 9.64 Å². The number of carbonyl (C=O) groups excluding carboxylic acids is 1. The Morgan fingerprint density at radius 2 is 2.09 bits per heavy atom. The molecular formula is C18H26N2O2. The Hall–Kier alpha value is -1.42. The highest BCUT2D eigenvalue weighted by atomic mass is 16.5. The molecule has 1 aromatic heterocycles. The molecule has 0 spiro atoms. The molecule has 1 saturated carbocycles. The number of rotatable bonds is 5. The van der Waals surface area contributed by atoms with Crippen LogP contribution in [0.3, 0.4) is 0 Å². The predicted molar refractivity (Wildman–Crippen MR) is 85.2 cm³/mol. The zero-order valence-electron chi connectivity index (χ0n) is 13.2. The van der Waals surface area contributed by atoms with Crippen LogP contribution in [0.4, 0.5) is 0 Å². The highest BCUT2D eigenvalue weighted by Crippen LogP contribution is 2.26. The molecule has 4 nitrogen and oxygen atoms in total. The van der Waals surface area contributed by atoms with E-state index in [1.54, 1.807) is 6.20 Å². The van der Waals surface area contributed by atoms with E-state index in [4.69, 9.17) is 4.74 Å². The fourth-order valence-corrected chi connectivity index (χ4v) is 3.60. The zero-order chi connectivity index (χ0) is 15.2. The second-order valence-electron chi connectivity index (χ2n) is 6.59. The normalized spacial score (nSPS) is 22.6. The minimum Gasteiger partial charge on any atom is -0.368 e. The summed E-state index contributed by atoms with van der Waals surface area (Å²) in [6.07, 6.45) is 11.7. The lowest BCUT2D eigenvalue weighted by Gasteiger charge is -2.31. The SMILES string of the molecule is O=C([C@H]1CCCO1)N(Cc1cccnc1)CC1CCCCC1. The van der Waals surface area contributed by atoms with Crippen LogP contribution in [0.1, 0.15) is 50.5 Å². The standard InChI is InChI=1S/C18H26N2O2/c21-18(17-9-5-11-22-17)20(13-15-6-2-1-3-7-15)14-16-8-4-10-19-12-16/h4,8,10,12,15,17H,1-3,5-7,9,11,13-14H2/t17-/m1/s1. The minimum atomic E-state index is -0.222. The van der Waals surface area contributed by atoms with Crippen molar-refractivity contribution in [1.82, 2.24) is 9.88 Å². The van der Waals surface area contributed by atoms with Crippen LogP contribution in [-0.2, 0) is 16.1 Å². The van der Waals surface area contributed by atoms with E-state index in [1.165, 1.54) is 32.1 Å². The maximum atomic E-state index is 12.8. The lowest BCUT2D eigenvalue weighted by atomic mass is 9.88. The lowest BCUT2D eigenvalue weighted by Crippen LogP contribution is -2.41. The van der Waals surface area contributed by atoms with Gasteiger partial charge in [-0.25, -0.2) is 0 Å². The topological polar surface area (TPSA) is 42.4 Å². The molecule has 1 amide bonds. The number of pyridine rings is 1. The summed E-state index contributed by atoms with van der Waals surface area (Å²) in [5.74, 6) is 0.822. The maximum Gasteiger partial charge on any atom is 0.252 e. The van der Waals surface area contributed by atoms with Gasteiger partial charge in [-0.15, -0.1) is 0 Å². The third-order valence-electron chi connectivity index (χ3n) is 4.82. The second-order valence-corrected chi connectivity index (χ2v) is 6.59. The molecular weight excluding hydrogens is 276 g/mol. The molecule has 1 saturated heterocycles. The van der Waals surface area contributed by atoms with Gasteiger partial charge in [-0.3, -0.25) is 9.78 Å². The Morgan fingerprint density at radius 3 is 2.77 bits per heavy atom. The van der Waals surface area contributed by atoms with Crippen LogP contribution < -0.4 is 0 Å². The van der Waals surface area contributed by atoms with Crippen molar-refractivity contribution in [3.63, 3.8) is 0 Å². The first-order valence-electron chi connectivity index (χ1n) is 8.62. The van der Waals surface area contributed by atoms with E-state index in [0.717, 1.165) is 31.6 Å². The molecule has 1 atom stereocenters. The third kappa shape index (κ3) is 4.07. The molecule has 0 bridgehead atoms. The van der Waals surface area contributed by atoms with Gasteiger partial charge in [-0.2, -0.15) is 0 Å². The molecule has 1 aliphatic heterocycles. The summed E-state index contributed by atoms with van der Waals surface area (Å²) < 4.78 is 5.62. The summed E-state index contributed by atoms with van der Waals surface area (Å²) in [5.41, 5.74) is 1.10. The minimum absolute atomic E-state index is 0.173. The van der Waals surface area contributed by atoms with Gasteiger partial charge in [0.25, 0.3) is 5.91 Å². The Kier molecular flexibility index (Phi) is 5.43. The van der Waals surface area contributed by atoms with Crippen LogP contribution in [0, 0.1) is 5.92 Å². The zero-order valence-corrected chi connectivity index (χ0v) is 13.2. The van der Waals surface area contributed by atoms with Gasteiger partial charge in [0.2, 0.25) is 0 Å². The predicted octanol–water partition coefficient (Wildman–Crippen LogP) is 3.17. The second kappa shape index (κ2) is 7.73.